The molecule has 1 N–H and O–H groups in total. The zero-order valence-electron chi connectivity index (χ0n) is 19.0. The number of ether oxygens (including phenoxy) is 3. The molecule has 3 aromatic carbocycles. The average Bonchev–Trinajstić information content (AvgIpc) is 3.52. The van der Waals surface area contributed by atoms with E-state index in [0.29, 0.717) is 17.9 Å². The lowest BCUT2D eigenvalue weighted by atomic mass is 9.92. The van der Waals surface area contributed by atoms with Gasteiger partial charge in [0.05, 0.1) is 23.5 Å². The standard InChI is InChI=1S/C27H28N2O4/c1-3-31-27(30)25-18(2)26(28-20-9-5-4-6-10-20)22(29-13-7-8-14-29)16-21(25)19-11-12-23-24(15-19)33-17-32-23/h4-6,9-12,15-16,28H,3,7-8,13-14,17H2,1-2H3. The van der Waals surface area contributed by atoms with Crippen molar-refractivity contribution in [3.8, 4) is 22.6 Å². The zero-order valence-corrected chi connectivity index (χ0v) is 19.0. The highest BCUT2D eigenvalue weighted by molar-refractivity contribution is 6.03. The van der Waals surface area contributed by atoms with Crippen LogP contribution in [-0.2, 0) is 4.74 Å². The van der Waals surface area contributed by atoms with Crippen LogP contribution in [0.5, 0.6) is 11.5 Å². The molecule has 0 atom stereocenters. The van der Waals surface area contributed by atoms with Crippen molar-refractivity contribution in [2.45, 2.75) is 26.7 Å². The second kappa shape index (κ2) is 9.06. The number of rotatable bonds is 6. The molecule has 1 saturated heterocycles. The maximum absolute atomic E-state index is 13.2. The summed E-state index contributed by atoms with van der Waals surface area (Å²) in [5, 5.41) is 3.58. The van der Waals surface area contributed by atoms with Crippen LogP contribution in [0.25, 0.3) is 11.1 Å². The molecular formula is C27H28N2O4. The van der Waals surface area contributed by atoms with Crippen molar-refractivity contribution in [1.29, 1.82) is 0 Å². The molecule has 5 rings (SSSR count). The molecule has 0 aromatic heterocycles. The number of nitrogens with one attached hydrogen (secondary N) is 1. The molecule has 33 heavy (non-hydrogen) atoms. The summed E-state index contributed by atoms with van der Waals surface area (Å²) in [5.41, 5.74) is 6.19. The van der Waals surface area contributed by atoms with E-state index in [1.165, 1.54) is 0 Å². The number of nitrogens with zero attached hydrogens (tertiary/aromatic N) is 1. The Labute approximate surface area is 194 Å². The minimum absolute atomic E-state index is 0.210. The molecule has 6 nitrogen and oxygen atoms in total. The number of esters is 1. The van der Waals surface area contributed by atoms with Crippen molar-refractivity contribution in [2.75, 3.05) is 36.7 Å². The van der Waals surface area contributed by atoms with Crippen LogP contribution in [0.15, 0.2) is 54.6 Å². The maximum Gasteiger partial charge on any atom is 0.339 e. The number of benzene rings is 3. The first kappa shape index (κ1) is 21.2. The Hall–Kier alpha value is -3.67. The SMILES string of the molecule is CCOC(=O)c1c(-c2ccc3c(c2)OCO3)cc(N2CCCC2)c(Nc2ccccc2)c1C. The average molecular weight is 445 g/mol. The highest BCUT2D eigenvalue weighted by atomic mass is 16.7. The van der Waals surface area contributed by atoms with Crippen LogP contribution in [0.4, 0.5) is 17.1 Å². The molecular weight excluding hydrogens is 416 g/mol. The number of hydrogen-bond donors (Lipinski definition) is 1. The van der Waals surface area contributed by atoms with Gasteiger partial charge >= 0.3 is 5.97 Å². The van der Waals surface area contributed by atoms with Crippen molar-refractivity contribution in [3.05, 3.63) is 65.7 Å². The van der Waals surface area contributed by atoms with Crippen LogP contribution in [0.2, 0.25) is 0 Å². The van der Waals surface area contributed by atoms with Gasteiger partial charge in [0.2, 0.25) is 6.79 Å². The predicted molar refractivity (Wildman–Crippen MR) is 130 cm³/mol. The molecule has 0 saturated carbocycles. The van der Waals surface area contributed by atoms with Gasteiger partial charge in [-0.15, -0.1) is 0 Å². The summed E-state index contributed by atoms with van der Waals surface area (Å²) >= 11 is 0. The Bertz CT molecular complexity index is 1170. The molecule has 170 valence electrons. The topological polar surface area (TPSA) is 60.0 Å². The fourth-order valence-electron chi connectivity index (χ4n) is 4.59. The quantitative estimate of drug-likeness (QED) is 0.477. The third-order valence-corrected chi connectivity index (χ3v) is 6.21. The molecule has 2 aliphatic rings. The molecule has 0 aliphatic carbocycles. The van der Waals surface area contributed by atoms with Gasteiger partial charge < -0.3 is 24.4 Å². The van der Waals surface area contributed by atoms with Gasteiger partial charge in [0.1, 0.15) is 0 Å². The number of carbonyl (C=O) groups excluding carboxylic acids is 1. The van der Waals surface area contributed by atoms with Gasteiger partial charge in [-0.1, -0.05) is 24.3 Å². The van der Waals surface area contributed by atoms with Crippen molar-refractivity contribution in [2.24, 2.45) is 0 Å². The van der Waals surface area contributed by atoms with Crippen LogP contribution in [0.1, 0.15) is 35.7 Å². The Balaban J connectivity index is 1.71. The third-order valence-electron chi connectivity index (χ3n) is 6.21. The molecule has 0 radical (unpaired) electrons. The molecule has 0 bridgehead atoms. The Kier molecular flexibility index (Phi) is 5.82. The van der Waals surface area contributed by atoms with Crippen molar-refractivity contribution < 1.29 is 19.0 Å². The van der Waals surface area contributed by atoms with Crippen LogP contribution >= 0.6 is 0 Å². The first-order valence-corrected chi connectivity index (χ1v) is 11.5. The second-order valence-electron chi connectivity index (χ2n) is 8.29. The zero-order chi connectivity index (χ0) is 22.8. The van der Waals surface area contributed by atoms with E-state index in [9.17, 15) is 4.79 Å². The lowest BCUT2D eigenvalue weighted by molar-refractivity contribution is 0.0526. The van der Waals surface area contributed by atoms with Crippen LogP contribution < -0.4 is 19.7 Å². The van der Waals surface area contributed by atoms with E-state index in [-0.39, 0.29) is 12.8 Å². The fourth-order valence-corrected chi connectivity index (χ4v) is 4.59. The number of hydrogen-bond acceptors (Lipinski definition) is 6. The van der Waals surface area contributed by atoms with Gasteiger partial charge in [-0.05, 0) is 73.7 Å². The summed E-state index contributed by atoms with van der Waals surface area (Å²) in [7, 11) is 0. The first-order chi connectivity index (χ1) is 16.2. The molecule has 1 fully saturated rings. The van der Waals surface area contributed by atoms with Crippen LogP contribution in [0.3, 0.4) is 0 Å². The summed E-state index contributed by atoms with van der Waals surface area (Å²) in [6.07, 6.45) is 2.31. The highest BCUT2D eigenvalue weighted by Crippen LogP contribution is 2.43. The van der Waals surface area contributed by atoms with E-state index < -0.39 is 0 Å². The maximum atomic E-state index is 13.2. The molecule has 0 unspecified atom stereocenters. The largest absolute Gasteiger partial charge is 0.462 e. The van der Waals surface area contributed by atoms with Gasteiger partial charge in [0.25, 0.3) is 0 Å². The summed E-state index contributed by atoms with van der Waals surface area (Å²) < 4.78 is 16.6. The normalized spacial score (nSPS) is 14.4. The number of carbonyl (C=O) groups is 1. The van der Waals surface area contributed by atoms with Gasteiger partial charge in [-0.25, -0.2) is 4.79 Å². The smallest absolute Gasteiger partial charge is 0.339 e. The molecule has 6 heteroatoms. The summed E-state index contributed by atoms with van der Waals surface area (Å²) in [5.74, 6) is 1.08. The van der Waals surface area contributed by atoms with E-state index in [4.69, 9.17) is 14.2 Å². The van der Waals surface area contributed by atoms with Crippen LogP contribution in [-0.4, -0.2) is 32.5 Å². The highest BCUT2D eigenvalue weighted by Gasteiger charge is 2.27. The van der Waals surface area contributed by atoms with Gasteiger partial charge in [0.15, 0.2) is 11.5 Å². The summed E-state index contributed by atoms with van der Waals surface area (Å²) in [6, 6.07) is 18.0. The molecule has 2 aliphatic heterocycles. The molecule has 3 aromatic rings. The van der Waals surface area contributed by atoms with Crippen molar-refractivity contribution >= 4 is 23.0 Å². The Morgan fingerprint density at radius 3 is 2.55 bits per heavy atom. The molecule has 0 amide bonds. The lowest BCUT2D eigenvalue weighted by Gasteiger charge is -2.27. The summed E-state index contributed by atoms with van der Waals surface area (Å²) in [6.45, 7) is 6.32. The number of anilines is 3. The van der Waals surface area contributed by atoms with Crippen LogP contribution in [0, 0.1) is 6.92 Å². The fraction of sp³-hybridized carbons (Fsp3) is 0.296. The monoisotopic (exact) mass is 444 g/mol. The summed E-state index contributed by atoms with van der Waals surface area (Å²) in [4.78, 5) is 15.6. The lowest BCUT2D eigenvalue weighted by Crippen LogP contribution is -2.21. The predicted octanol–water partition coefficient (Wildman–Crippen LogP) is 5.91. The van der Waals surface area contributed by atoms with Gasteiger partial charge in [-0.3, -0.25) is 0 Å². The number of fused-ring (bicyclic) bond motifs is 1. The van der Waals surface area contributed by atoms with Gasteiger partial charge in [0, 0.05) is 18.8 Å². The molecule has 2 heterocycles. The Morgan fingerprint density at radius 2 is 1.79 bits per heavy atom. The Morgan fingerprint density at radius 1 is 1.03 bits per heavy atom. The molecule has 0 spiro atoms. The number of para-hydroxylation sites is 1. The first-order valence-electron chi connectivity index (χ1n) is 11.5. The van der Waals surface area contributed by atoms with Crippen molar-refractivity contribution in [1.82, 2.24) is 0 Å². The minimum atomic E-state index is -0.327. The van der Waals surface area contributed by atoms with E-state index >= 15 is 0 Å². The van der Waals surface area contributed by atoms with Gasteiger partial charge in [-0.2, -0.15) is 0 Å². The van der Waals surface area contributed by atoms with Crippen molar-refractivity contribution in [3.63, 3.8) is 0 Å². The van der Waals surface area contributed by atoms with E-state index in [1.54, 1.807) is 0 Å². The van der Waals surface area contributed by atoms with E-state index in [2.05, 4.69) is 16.3 Å². The minimum Gasteiger partial charge on any atom is -0.462 e. The van der Waals surface area contributed by atoms with E-state index in [1.807, 2.05) is 62.4 Å². The third kappa shape index (κ3) is 4.09. The second-order valence-corrected chi connectivity index (χ2v) is 8.29. The van der Waals surface area contributed by atoms with E-state index in [0.717, 1.165) is 65.4 Å².